The molecule has 3 rings (SSSR count). The molecule has 4 nitrogen and oxygen atoms in total. The minimum Gasteiger partial charge on any atom is -0.459 e. The van der Waals surface area contributed by atoms with E-state index in [1.165, 1.54) is 0 Å². The normalized spacial score (nSPS) is 16.6. The summed E-state index contributed by atoms with van der Waals surface area (Å²) in [6, 6.07) is 10.5. The second-order valence-electron chi connectivity index (χ2n) is 5.62. The van der Waals surface area contributed by atoms with Crippen LogP contribution in [0, 0.1) is 0 Å². The van der Waals surface area contributed by atoms with E-state index in [0.29, 0.717) is 12.6 Å². The van der Waals surface area contributed by atoms with Gasteiger partial charge in [0.25, 0.3) is 0 Å². The summed E-state index contributed by atoms with van der Waals surface area (Å²) in [6.45, 7) is 2.46. The van der Waals surface area contributed by atoms with Gasteiger partial charge in [-0.1, -0.05) is 18.2 Å². The number of amides is 1. The Hall–Kier alpha value is -1.81. The van der Waals surface area contributed by atoms with E-state index >= 15 is 0 Å². The molecule has 1 atom stereocenters. The van der Waals surface area contributed by atoms with Crippen LogP contribution in [0.2, 0.25) is 0 Å². The summed E-state index contributed by atoms with van der Waals surface area (Å²) in [4.78, 5) is 13.8. The van der Waals surface area contributed by atoms with Crippen molar-refractivity contribution in [3.05, 3.63) is 36.1 Å². The molecule has 1 aliphatic carbocycles. The summed E-state index contributed by atoms with van der Waals surface area (Å²) >= 11 is 0. The zero-order valence-corrected chi connectivity index (χ0v) is 11.9. The molecular weight excluding hydrogens is 252 g/mol. The van der Waals surface area contributed by atoms with E-state index in [2.05, 4.69) is 18.3 Å². The van der Waals surface area contributed by atoms with Crippen LogP contribution in [-0.4, -0.2) is 30.4 Å². The minimum atomic E-state index is 0.0763. The topological polar surface area (TPSA) is 45.5 Å². The van der Waals surface area contributed by atoms with E-state index < -0.39 is 0 Å². The Balaban J connectivity index is 1.66. The molecule has 0 aliphatic heterocycles. The van der Waals surface area contributed by atoms with Gasteiger partial charge in [-0.2, -0.15) is 0 Å². The van der Waals surface area contributed by atoms with Gasteiger partial charge >= 0.3 is 0 Å². The molecule has 1 amide bonds. The largest absolute Gasteiger partial charge is 0.459 e. The zero-order valence-electron chi connectivity index (χ0n) is 11.9. The lowest BCUT2D eigenvalue weighted by Crippen LogP contribution is -2.37. The fourth-order valence-corrected chi connectivity index (χ4v) is 2.29. The van der Waals surface area contributed by atoms with Crippen LogP contribution in [0.25, 0.3) is 11.0 Å². The maximum Gasteiger partial charge on any atom is 0.234 e. The molecule has 0 bridgehead atoms. The van der Waals surface area contributed by atoms with Gasteiger partial charge in [0.05, 0.1) is 12.6 Å². The van der Waals surface area contributed by atoms with Crippen molar-refractivity contribution >= 4 is 16.9 Å². The molecular formula is C16H20N2O2. The molecule has 1 aliphatic rings. The first-order chi connectivity index (χ1) is 9.63. The van der Waals surface area contributed by atoms with E-state index in [-0.39, 0.29) is 11.9 Å². The van der Waals surface area contributed by atoms with Crippen LogP contribution in [-0.2, 0) is 4.79 Å². The Labute approximate surface area is 118 Å². The Morgan fingerprint density at radius 1 is 1.45 bits per heavy atom. The van der Waals surface area contributed by atoms with Gasteiger partial charge in [-0.15, -0.1) is 0 Å². The fourth-order valence-electron chi connectivity index (χ4n) is 2.29. The molecule has 0 radical (unpaired) electrons. The fraction of sp³-hybridized carbons (Fsp3) is 0.438. The third-order valence-electron chi connectivity index (χ3n) is 3.85. The Morgan fingerprint density at radius 3 is 2.90 bits per heavy atom. The molecule has 1 aromatic carbocycles. The predicted molar refractivity (Wildman–Crippen MR) is 78.4 cm³/mol. The van der Waals surface area contributed by atoms with Crippen molar-refractivity contribution in [3.63, 3.8) is 0 Å². The highest BCUT2D eigenvalue weighted by molar-refractivity contribution is 5.79. The van der Waals surface area contributed by atoms with Crippen LogP contribution in [0.4, 0.5) is 0 Å². The van der Waals surface area contributed by atoms with Gasteiger partial charge in [0.2, 0.25) is 5.91 Å². The Kier molecular flexibility index (Phi) is 3.49. The number of para-hydroxylation sites is 1. The van der Waals surface area contributed by atoms with Crippen molar-refractivity contribution in [3.8, 4) is 0 Å². The number of hydrogen-bond donors (Lipinski definition) is 1. The molecule has 1 unspecified atom stereocenters. The molecule has 4 heteroatoms. The van der Waals surface area contributed by atoms with Gasteiger partial charge in [0.15, 0.2) is 0 Å². The third kappa shape index (κ3) is 2.85. The quantitative estimate of drug-likeness (QED) is 0.910. The van der Waals surface area contributed by atoms with Crippen LogP contribution < -0.4 is 5.32 Å². The molecule has 0 saturated heterocycles. The van der Waals surface area contributed by atoms with Gasteiger partial charge in [-0.05, 0) is 38.9 Å². The highest BCUT2D eigenvalue weighted by Crippen LogP contribution is 2.26. The standard InChI is InChI=1S/C16H20N2O2/c1-11(18(2)10-16(19)17-13-7-8-13)15-9-12-5-3-4-6-14(12)20-15/h3-6,9,11,13H,7-8,10H2,1-2H3,(H,17,19). The smallest absolute Gasteiger partial charge is 0.234 e. The first-order valence-corrected chi connectivity index (χ1v) is 7.11. The number of furan rings is 1. The summed E-state index contributed by atoms with van der Waals surface area (Å²) in [5, 5.41) is 4.11. The lowest BCUT2D eigenvalue weighted by Gasteiger charge is -2.22. The second-order valence-corrected chi connectivity index (χ2v) is 5.62. The zero-order chi connectivity index (χ0) is 14.1. The van der Waals surface area contributed by atoms with Crippen LogP contribution >= 0.6 is 0 Å². The van der Waals surface area contributed by atoms with Crippen molar-refractivity contribution in [2.75, 3.05) is 13.6 Å². The first-order valence-electron chi connectivity index (χ1n) is 7.11. The number of hydrogen-bond acceptors (Lipinski definition) is 3. The van der Waals surface area contributed by atoms with Crippen LogP contribution in [0.5, 0.6) is 0 Å². The number of rotatable bonds is 5. The number of carbonyl (C=O) groups is 1. The van der Waals surface area contributed by atoms with E-state index in [9.17, 15) is 4.79 Å². The summed E-state index contributed by atoms with van der Waals surface area (Å²) in [5.74, 6) is 0.992. The van der Waals surface area contributed by atoms with Crippen molar-refractivity contribution in [1.29, 1.82) is 0 Å². The van der Waals surface area contributed by atoms with E-state index in [4.69, 9.17) is 4.42 Å². The number of fused-ring (bicyclic) bond motifs is 1. The lowest BCUT2D eigenvalue weighted by molar-refractivity contribution is -0.122. The van der Waals surface area contributed by atoms with Crippen molar-refractivity contribution < 1.29 is 9.21 Å². The molecule has 106 valence electrons. The minimum absolute atomic E-state index is 0.0763. The average Bonchev–Trinajstić information content (AvgIpc) is 3.12. The molecule has 2 aromatic rings. The van der Waals surface area contributed by atoms with Gasteiger partial charge < -0.3 is 9.73 Å². The summed E-state index contributed by atoms with van der Waals surface area (Å²) < 4.78 is 5.85. The number of benzene rings is 1. The second kappa shape index (κ2) is 5.29. The molecule has 1 N–H and O–H groups in total. The van der Waals surface area contributed by atoms with Crippen molar-refractivity contribution in [1.82, 2.24) is 10.2 Å². The van der Waals surface area contributed by atoms with Gasteiger partial charge in [-0.25, -0.2) is 0 Å². The number of nitrogens with one attached hydrogen (secondary N) is 1. The number of carbonyl (C=O) groups excluding carboxylic acids is 1. The molecule has 1 aromatic heterocycles. The van der Waals surface area contributed by atoms with Gasteiger partial charge in [-0.3, -0.25) is 9.69 Å². The summed E-state index contributed by atoms with van der Waals surface area (Å²) in [5.41, 5.74) is 0.894. The summed E-state index contributed by atoms with van der Waals surface area (Å²) in [6.07, 6.45) is 2.24. The van der Waals surface area contributed by atoms with Crippen LogP contribution in [0.1, 0.15) is 31.6 Å². The molecule has 20 heavy (non-hydrogen) atoms. The highest BCUT2D eigenvalue weighted by atomic mass is 16.3. The lowest BCUT2D eigenvalue weighted by atomic mass is 10.2. The maximum atomic E-state index is 11.8. The van der Waals surface area contributed by atoms with Gasteiger partial charge in [0.1, 0.15) is 11.3 Å². The van der Waals surface area contributed by atoms with Crippen LogP contribution in [0.15, 0.2) is 34.7 Å². The predicted octanol–water partition coefficient (Wildman–Crippen LogP) is 2.70. The van der Waals surface area contributed by atoms with Crippen LogP contribution in [0.3, 0.4) is 0 Å². The SMILES string of the molecule is CC(c1cc2ccccc2o1)N(C)CC(=O)NC1CC1. The summed E-state index contributed by atoms with van der Waals surface area (Å²) in [7, 11) is 1.95. The number of nitrogens with zero attached hydrogens (tertiary/aromatic N) is 1. The Morgan fingerprint density at radius 2 is 2.20 bits per heavy atom. The molecule has 1 fully saturated rings. The third-order valence-corrected chi connectivity index (χ3v) is 3.85. The number of likely N-dealkylation sites (N-methyl/N-ethyl adjacent to an activating group) is 1. The van der Waals surface area contributed by atoms with Crippen molar-refractivity contribution in [2.45, 2.75) is 31.8 Å². The molecule has 1 saturated carbocycles. The van der Waals surface area contributed by atoms with Crippen molar-refractivity contribution in [2.24, 2.45) is 0 Å². The molecule has 0 spiro atoms. The average molecular weight is 272 g/mol. The Bertz CT molecular complexity index is 583. The molecule has 1 heterocycles. The van der Waals surface area contributed by atoms with Gasteiger partial charge in [0, 0.05) is 11.4 Å². The van der Waals surface area contributed by atoms with E-state index in [0.717, 1.165) is 29.6 Å². The monoisotopic (exact) mass is 272 g/mol. The van der Waals surface area contributed by atoms with E-state index in [1.807, 2.05) is 36.2 Å². The van der Waals surface area contributed by atoms with E-state index in [1.54, 1.807) is 0 Å². The highest BCUT2D eigenvalue weighted by Gasteiger charge is 2.25. The maximum absolute atomic E-state index is 11.8. The first kappa shape index (κ1) is 13.2.